The molecule has 0 spiro atoms. The molecular formula is C48H46ClFN6O6S. The lowest BCUT2D eigenvalue weighted by atomic mass is 9.96. The van der Waals surface area contributed by atoms with Crippen LogP contribution in [0.15, 0.2) is 104 Å². The average molecular weight is 889 g/mol. The van der Waals surface area contributed by atoms with E-state index in [4.69, 9.17) is 35.5 Å². The van der Waals surface area contributed by atoms with Crippen LogP contribution in [0.25, 0.3) is 43.2 Å². The first-order valence-electron chi connectivity index (χ1n) is 20.5. The summed E-state index contributed by atoms with van der Waals surface area (Å²) in [4.78, 5) is 37.4. The van der Waals surface area contributed by atoms with Crippen molar-refractivity contribution in [3.8, 4) is 50.3 Å². The van der Waals surface area contributed by atoms with Crippen molar-refractivity contribution in [3.63, 3.8) is 0 Å². The summed E-state index contributed by atoms with van der Waals surface area (Å²) in [5, 5.41) is 11.6. The molecule has 0 bridgehead atoms. The summed E-state index contributed by atoms with van der Waals surface area (Å²) in [5.74, 6) is 0.0892. The molecule has 3 aromatic heterocycles. The van der Waals surface area contributed by atoms with Gasteiger partial charge in [-0.15, -0.1) is 11.3 Å². The van der Waals surface area contributed by atoms with E-state index < -0.39 is 12.1 Å². The summed E-state index contributed by atoms with van der Waals surface area (Å²) in [5.41, 5.74) is 5.97. The quantitative estimate of drug-likeness (QED) is 0.0936. The summed E-state index contributed by atoms with van der Waals surface area (Å²) in [7, 11) is 3.77. The highest BCUT2D eigenvalue weighted by Gasteiger charge is 2.28. The van der Waals surface area contributed by atoms with Gasteiger partial charge in [0.05, 0.1) is 22.7 Å². The van der Waals surface area contributed by atoms with Crippen molar-refractivity contribution >= 4 is 39.1 Å². The Morgan fingerprint density at radius 2 is 1.63 bits per heavy atom. The predicted octanol–water partition coefficient (Wildman–Crippen LogP) is 9.01. The number of aliphatic carboxylic acids is 1. The molecule has 12 nitrogen and oxygen atoms in total. The van der Waals surface area contributed by atoms with Gasteiger partial charge in [-0.3, -0.25) is 4.90 Å². The van der Waals surface area contributed by atoms with E-state index in [1.54, 1.807) is 43.6 Å². The van der Waals surface area contributed by atoms with E-state index in [0.29, 0.717) is 62.6 Å². The van der Waals surface area contributed by atoms with Crippen molar-refractivity contribution in [1.82, 2.24) is 29.7 Å². The van der Waals surface area contributed by atoms with E-state index in [-0.39, 0.29) is 24.7 Å². The molecule has 7 aromatic rings. The number of ether oxygens (including phenoxy) is 4. The number of carboxylic acid groups (broad SMARTS) is 1. The molecular weight excluding hydrogens is 843 g/mol. The molecule has 0 amide bonds. The second-order valence-electron chi connectivity index (χ2n) is 15.2. The molecule has 0 radical (unpaired) electrons. The van der Waals surface area contributed by atoms with E-state index in [2.05, 4.69) is 31.8 Å². The summed E-state index contributed by atoms with van der Waals surface area (Å²) >= 11 is 8.43. The molecule has 324 valence electrons. The molecule has 15 heteroatoms. The Kier molecular flexibility index (Phi) is 13.8. The van der Waals surface area contributed by atoms with Crippen LogP contribution in [0.3, 0.4) is 0 Å². The Morgan fingerprint density at radius 3 is 2.41 bits per heavy atom. The zero-order valence-corrected chi connectivity index (χ0v) is 36.7. The summed E-state index contributed by atoms with van der Waals surface area (Å²) in [6.07, 6.45) is 1.61. The third kappa shape index (κ3) is 10.1. The van der Waals surface area contributed by atoms with Crippen LogP contribution in [0.4, 0.5) is 4.39 Å². The number of carbonyl (C=O) groups is 1. The number of halogens is 2. The van der Waals surface area contributed by atoms with Gasteiger partial charge in [0.15, 0.2) is 5.82 Å². The molecule has 1 saturated heterocycles. The molecule has 1 aliphatic heterocycles. The van der Waals surface area contributed by atoms with Crippen LogP contribution >= 0.6 is 22.9 Å². The number of hydrogen-bond acceptors (Lipinski definition) is 12. The van der Waals surface area contributed by atoms with Crippen molar-refractivity contribution < 1.29 is 33.2 Å². The number of nitrogens with zero attached hydrogens (tertiary/aromatic N) is 6. The van der Waals surface area contributed by atoms with Crippen molar-refractivity contribution in [2.24, 2.45) is 0 Å². The topological polar surface area (TPSA) is 132 Å². The Morgan fingerprint density at radius 1 is 0.873 bits per heavy atom. The molecule has 0 unspecified atom stereocenters. The van der Waals surface area contributed by atoms with Gasteiger partial charge in [-0.05, 0) is 72.1 Å². The minimum absolute atomic E-state index is 0.0499. The van der Waals surface area contributed by atoms with Gasteiger partial charge in [-0.25, -0.2) is 29.1 Å². The Balaban J connectivity index is 1.08. The SMILES string of the molecule is COCc1ccccc1-c1nccc(COc2ccccc2C[C@@H](Oc2ncnc3sc(-c4ccc(F)cc4)c(-c4ccc(OCCN5CCN(C)CC5)c(Cl)c4C)c23)C(=O)O)n1. The van der Waals surface area contributed by atoms with E-state index >= 15 is 0 Å². The number of thiophene rings is 1. The van der Waals surface area contributed by atoms with Crippen LogP contribution in [0.2, 0.25) is 5.02 Å². The molecule has 1 N–H and O–H groups in total. The lowest BCUT2D eigenvalue weighted by Gasteiger charge is -2.32. The standard InChI is InChI=1S/C48H46ClFN6O6S/c1-30-36(16-17-39(43(30)49)60-25-24-56-22-20-55(2)21-23-56)41-42-46(52-29-53-47(42)63-44(41)31-12-14-34(50)15-13-31)62-40(48(57)58)26-32-8-5-7-11-38(32)61-28-35-18-19-51-45(54-35)37-10-6-4-9-33(37)27-59-3/h4-19,29,40H,20-28H2,1-3H3,(H,57,58)/t40-/m1/s1. The first-order valence-corrected chi connectivity index (χ1v) is 21.7. The fourth-order valence-corrected chi connectivity index (χ4v) is 8.93. The molecule has 1 aliphatic rings. The van der Waals surface area contributed by atoms with Gasteiger partial charge in [-0.2, -0.15) is 0 Å². The third-order valence-corrected chi connectivity index (χ3v) is 12.6. The number of benzene rings is 4. The monoisotopic (exact) mass is 888 g/mol. The normalized spacial score (nSPS) is 13.9. The molecule has 1 atom stereocenters. The maximum Gasteiger partial charge on any atom is 0.345 e. The number of aromatic nitrogens is 4. The number of para-hydroxylation sites is 1. The van der Waals surface area contributed by atoms with Gasteiger partial charge >= 0.3 is 5.97 Å². The van der Waals surface area contributed by atoms with Crippen LogP contribution in [-0.4, -0.2) is 100 Å². The summed E-state index contributed by atoms with van der Waals surface area (Å²) in [6.45, 7) is 7.69. The minimum atomic E-state index is -1.38. The predicted molar refractivity (Wildman–Crippen MR) is 242 cm³/mol. The van der Waals surface area contributed by atoms with Crippen LogP contribution in [0.5, 0.6) is 17.4 Å². The Hall–Kier alpha value is -6.03. The van der Waals surface area contributed by atoms with Crippen molar-refractivity contribution in [2.45, 2.75) is 32.7 Å². The molecule has 1 fully saturated rings. The molecule has 0 aliphatic carbocycles. The van der Waals surface area contributed by atoms with Gasteiger partial charge in [0.25, 0.3) is 0 Å². The van der Waals surface area contributed by atoms with Crippen LogP contribution in [-0.2, 0) is 29.2 Å². The fraction of sp³-hybridized carbons (Fsp3) is 0.271. The number of fused-ring (bicyclic) bond motifs is 1. The summed E-state index contributed by atoms with van der Waals surface area (Å²) in [6, 6.07) is 26.8. The first-order chi connectivity index (χ1) is 30.7. The van der Waals surface area contributed by atoms with Gasteiger partial charge in [0, 0.05) is 68.5 Å². The average Bonchev–Trinajstić information content (AvgIpc) is 3.69. The summed E-state index contributed by atoms with van der Waals surface area (Å²) < 4.78 is 38.5. The Labute approximate surface area is 373 Å². The third-order valence-electron chi connectivity index (χ3n) is 11.0. The van der Waals surface area contributed by atoms with Gasteiger partial charge < -0.3 is 29.0 Å². The van der Waals surface area contributed by atoms with Crippen molar-refractivity contribution in [2.75, 3.05) is 53.5 Å². The molecule has 8 rings (SSSR count). The zero-order chi connectivity index (χ0) is 43.9. The smallest absolute Gasteiger partial charge is 0.345 e. The van der Waals surface area contributed by atoms with Crippen LogP contribution in [0, 0.1) is 12.7 Å². The van der Waals surface area contributed by atoms with Crippen LogP contribution in [0.1, 0.15) is 22.4 Å². The lowest BCUT2D eigenvalue weighted by molar-refractivity contribution is -0.145. The van der Waals surface area contributed by atoms with E-state index in [9.17, 15) is 14.3 Å². The number of likely N-dealkylation sites (N-methyl/N-ethyl adjacent to an activating group) is 1. The molecule has 63 heavy (non-hydrogen) atoms. The minimum Gasteiger partial charge on any atom is -0.491 e. The molecule has 4 heterocycles. The van der Waals surface area contributed by atoms with E-state index in [1.807, 2.05) is 55.5 Å². The van der Waals surface area contributed by atoms with Gasteiger partial charge in [0.1, 0.15) is 41.7 Å². The molecule has 0 saturated carbocycles. The number of piperazine rings is 1. The number of methoxy groups -OCH3 is 1. The highest BCUT2D eigenvalue weighted by Crippen LogP contribution is 2.49. The second kappa shape index (κ2) is 20.0. The number of carboxylic acids is 1. The number of hydrogen-bond donors (Lipinski definition) is 1. The second-order valence-corrected chi connectivity index (χ2v) is 16.6. The lowest BCUT2D eigenvalue weighted by Crippen LogP contribution is -2.45. The fourth-order valence-electron chi connectivity index (χ4n) is 7.56. The maximum atomic E-state index is 14.2. The molecule has 4 aromatic carbocycles. The largest absolute Gasteiger partial charge is 0.491 e. The van der Waals surface area contributed by atoms with Crippen molar-refractivity contribution in [3.05, 3.63) is 137 Å². The highest BCUT2D eigenvalue weighted by molar-refractivity contribution is 7.22. The van der Waals surface area contributed by atoms with Gasteiger partial charge in [-0.1, -0.05) is 72.3 Å². The van der Waals surface area contributed by atoms with Crippen molar-refractivity contribution in [1.29, 1.82) is 0 Å². The maximum absolute atomic E-state index is 14.2. The van der Waals surface area contributed by atoms with Gasteiger partial charge in [0.2, 0.25) is 12.0 Å². The highest BCUT2D eigenvalue weighted by atomic mass is 35.5. The zero-order valence-electron chi connectivity index (χ0n) is 35.1. The van der Waals surface area contributed by atoms with E-state index in [1.165, 1.54) is 29.8 Å². The van der Waals surface area contributed by atoms with E-state index in [0.717, 1.165) is 65.4 Å². The van der Waals surface area contributed by atoms with Crippen LogP contribution < -0.4 is 14.2 Å². The Bertz CT molecular complexity index is 2710. The first kappa shape index (κ1) is 43.6. The number of rotatable bonds is 17.